The molecule has 0 bridgehead atoms. The molecule has 6 nitrogen and oxygen atoms in total. The number of rotatable bonds is 8. The molecule has 19 rings (SSSR count). The van der Waals surface area contributed by atoms with E-state index in [1.165, 1.54) is 72.9 Å². The molecule has 89 heavy (non-hydrogen) atoms. The number of nitrogens with zero attached hydrogens (tertiary/aromatic N) is 6. The average Bonchev–Trinajstić information content (AvgIpc) is 1.71. The van der Waals surface area contributed by atoms with E-state index in [1.807, 2.05) is 0 Å². The van der Waals surface area contributed by atoms with Gasteiger partial charge in [-0.1, -0.05) is 200 Å². The molecule has 6 aromatic heterocycles. The smallest absolute Gasteiger partial charge is 0.164 e. The second-order valence-electron chi connectivity index (χ2n) is 23.1. The monoisotopic (exact) mass is 1170 g/mol. The van der Waals surface area contributed by atoms with Gasteiger partial charge in [0.15, 0.2) is 17.5 Å². The molecule has 414 valence electrons. The molecule has 19 aromatic rings. The van der Waals surface area contributed by atoms with Gasteiger partial charge in [-0.05, 0) is 102 Å². The molecular formula is C81H48N6S2. The van der Waals surface area contributed by atoms with E-state index >= 15 is 0 Å². The highest BCUT2D eigenvalue weighted by Gasteiger charge is 2.26. The number of para-hydroxylation sites is 4. The van der Waals surface area contributed by atoms with Crippen LogP contribution in [0.3, 0.4) is 0 Å². The molecule has 0 aliphatic carbocycles. The molecule has 0 saturated heterocycles. The summed E-state index contributed by atoms with van der Waals surface area (Å²) in [5.74, 6) is 1.82. The molecule has 0 aliphatic heterocycles. The summed E-state index contributed by atoms with van der Waals surface area (Å²) in [5.41, 5.74) is 17.0. The van der Waals surface area contributed by atoms with Gasteiger partial charge in [0, 0.05) is 112 Å². The Balaban J connectivity index is 0.902. The number of aromatic nitrogens is 6. The van der Waals surface area contributed by atoms with Gasteiger partial charge >= 0.3 is 0 Å². The van der Waals surface area contributed by atoms with Crippen molar-refractivity contribution in [2.75, 3.05) is 0 Å². The second-order valence-corrected chi connectivity index (χ2v) is 25.2. The number of fused-ring (bicyclic) bond motifs is 15. The van der Waals surface area contributed by atoms with Crippen LogP contribution in [0.2, 0.25) is 0 Å². The predicted octanol–water partition coefficient (Wildman–Crippen LogP) is 22.2. The summed E-state index contributed by atoms with van der Waals surface area (Å²) >= 11 is 3.60. The van der Waals surface area contributed by atoms with Crippen LogP contribution in [0.4, 0.5) is 0 Å². The molecule has 0 aliphatic rings. The lowest BCUT2D eigenvalue weighted by atomic mass is 9.92. The lowest BCUT2D eigenvalue weighted by molar-refractivity contribution is 1.07. The second kappa shape index (κ2) is 19.6. The van der Waals surface area contributed by atoms with Crippen LogP contribution >= 0.6 is 22.7 Å². The number of benzene rings is 13. The van der Waals surface area contributed by atoms with E-state index < -0.39 is 0 Å². The summed E-state index contributed by atoms with van der Waals surface area (Å²) < 4.78 is 12.3. The summed E-state index contributed by atoms with van der Waals surface area (Å²) in [7, 11) is 0. The van der Waals surface area contributed by atoms with Crippen molar-refractivity contribution in [2.24, 2.45) is 0 Å². The molecule has 0 fully saturated rings. The predicted molar refractivity (Wildman–Crippen MR) is 376 cm³/mol. The molecule has 0 amide bonds. The molecule has 0 radical (unpaired) electrons. The normalized spacial score (nSPS) is 12.0. The molecule has 0 atom stereocenters. The first-order valence-corrected chi connectivity index (χ1v) is 31.7. The molecule has 0 saturated carbocycles. The summed E-state index contributed by atoms with van der Waals surface area (Å²) in [6.07, 6.45) is 0. The van der Waals surface area contributed by atoms with Crippen molar-refractivity contribution in [3.05, 3.63) is 291 Å². The average molecular weight is 1170 g/mol. The largest absolute Gasteiger partial charge is 0.309 e. The maximum absolute atomic E-state index is 5.56. The highest BCUT2D eigenvalue weighted by Crippen LogP contribution is 2.47. The van der Waals surface area contributed by atoms with Gasteiger partial charge in [0.1, 0.15) is 0 Å². The zero-order valence-corrected chi connectivity index (χ0v) is 49.3. The molecule has 0 N–H and O–H groups in total. The van der Waals surface area contributed by atoms with Crippen molar-refractivity contribution in [2.45, 2.75) is 0 Å². The van der Waals surface area contributed by atoms with Crippen molar-refractivity contribution < 1.29 is 0 Å². The first-order valence-electron chi connectivity index (χ1n) is 30.1. The van der Waals surface area contributed by atoms with Crippen LogP contribution in [-0.2, 0) is 0 Å². The Kier molecular flexibility index (Phi) is 11.0. The molecular weight excluding hydrogens is 1120 g/mol. The zero-order chi connectivity index (χ0) is 58.3. The minimum Gasteiger partial charge on any atom is -0.309 e. The van der Waals surface area contributed by atoms with Crippen molar-refractivity contribution in [1.82, 2.24) is 28.7 Å². The van der Waals surface area contributed by atoms with Crippen molar-refractivity contribution in [1.29, 1.82) is 0 Å². The van der Waals surface area contributed by atoms with E-state index in [9.17, 15) is 0 Å². The third kappa shape index (κ3) is 7.77. The lowest BCUT2D eigenvalue weighted by Crippen LogP contribution is -2.04. The third-order valence-electron chi connectivity index (χ3n) is 18.1. The molecule has 8 heteroatoms. The number of thiophene rings is 2. The van der Waals surface area contributed by atoms with E-state index in [4.69, 9.17) is 15.0 Å². The van der Waals surface area contributed by atoms with Gasteiger partial charge in [0.25, 0.3) is 0 Å². The Labute approximate surface area is 518 Å². The Morgan fingerprint density at radius 3 is 1.06 bits per heavy atom. The Hall–Kier alpha value is -11.3. The van der Waals surface area contributed by atoms with E-state index in [2.05, 4.69) is 305 Å². The van der Waals surface area contributed by atoms with Crippen LogP contribution in [0.5, 0.6) is 0 Å². The summed E-state index contributed by atoms with van der Waals surface area (Å²) in [6, 6.07) is 106. The first kappa shape index (κ1) is 49.9. The quantitative estimate of drug-likeness (QED) is 0.152. The lowest BCUT2D eigenvalue weighted by Gasteiger charge is -2.21. The first-order chi connectivity index (χ1) is 44.1. The molecule has 13 aromatic carbocycles. The number of hydrogen-bond acceptors (Lipinski definition) is 5. The highest BCUT2D eigenvalue weighted by atomic mass is 32.1. The fraction of sp³-hybridized carbons (Fsp3) is 0. The maximum atomic E-state index is 5.56. The SMILES string of the molecule is c1ccc(-c2cc(-c3nc(-c4ccc5c(c4)sc4ccccc45)nc(-c4ccc5c(c4)sc4ccccc45)n3)cc(-c3ccccc3)c2-n2c3ccc(-n4c5ccccc5c5ccccc54)cc3c3ccc(-n4c5ccccc5c5ccccc54)cc32)cc1. The standard InChI is InChI=1S/C81H48N6S2/c1-3-19-49(20-4-1)65-43-53(81-83-79(51-35-39-63-61-27-11-17-33-74(61)88-76(63)45-51)82-80(84-81)52-36-40-64-62-28-12-18-34-75(62)89-77(64)46-52)44-66(50-21-5-2-6-22-50)78(65)87-72-42-38-54(85-68-29-13-7-23-56(68)57-24-8-14-30-69(57)85)47-67(72)60-41-37-55(48-73(60)87)86-70-31-15-9-25-58(70)59-26-10-16-32-71(59)86/h1-48H. The minimum atomic E-state index is 0.588. The van der Waals surface area contributed by atoms with Gasteiger partial charge in [-0.15, -0.1) is 22.7 Å². The van der Waals surface area contributed by atoms with E-state index in [-0.39, 0.29) is 0 Å². The third-order valence-corrected chi connectivity index (χ3v) is 20.3. The number of hydrogen-bond donors (Lipinski definition) is 0. The molecule has 0 unspecified atom stereocenters. The van der Waals surface area contributed by atoms with Crippen LogP contribution in [0.15, 0.2) is 291 Å². The van der Waals surface area contributed by atoms with E-state index in [0.717, 1.165) is 88.8 Å². The van der Waals surface area contributed by atoms with Crippen LogP contribution in [0, 0.1) is 0 Å². The van der Waals surface area contributed by atoms with Crippen LogP contribution < -0.4 is 0 Å². The van der Waals surface area contributed by atoms with E-state index in [0.29, 0.717) is 17.5 Å². The summed E-state index contributed by atoms with van der Waals surface area (Å²) in [6.45, 7) is 0. The van der Waals surface area contributed by atoms with Gasteiger partial charge in [0.05, 0.1) is 38.8 Å². The maximum Gasteiger partial charge on any atom is 0.164 e. The Morgan fingerprint density at radius 1 is 0.213 bits per heavy atom. The van der Waals surface area contributed by atoms with Crippen molar-refractivity contribution in [3.63, 3.8) is 0 Å². The van der Waals surface area contributed by atoms with Gasteiger partial charge in [0.2, 0.25) is 0 Å². The Bertz CT molecular complexity index is 5820. The van der Waals surface area contributed by atoms with Crippen molar-refractivity contribution >= 4 is 128 Å². The summed E-state index contributed by atoms with van der Waals surface area (Å²) in [4.78, 5) is 16.5. The topological polar surface area (TPSA) is 53.5 Å². The van der Waals surface area contributed by atoms with E-state index in [1.54, 1.807) is 22.7 Å². The van der Waals surface area contributed by atoms with Crippen molar-refractivity contribution in [3.8, 4) is 73.5 Å². The summed E-state index contributed by atoms with van der Waals surface area (Å²) in [5, 5.41) is 12.2. The fourth-order valence-corrected chi connectivity index (χ4v) is 16.4. The van der Waals surface area contributed by atoms with Crippen LogP contribution in [-0.4, -0.2) is 28.7 Å². The molecule has 6 heterocycles. The van der Waals surface area contributed by atoms with Gasteiger partial charge in [-0.2, -0.15) is 0 Å². The van der Waals surface area contributed by atoms with Gasteiger partial charge < -0.3 is 13.7 Å². The molecule has 0 spiro atoms. The van der Waals surface area contributed by atoms with Crippen LogP contribution in [0.25, 0.3) is 179 Å². The highest BCUT2D eigenvalue weighted by molar-refractivity contribution is 7.26. The Morgan fingerprint density at radius 2 is 0.573 bits per heavy atom. The minimum absolute atomic E-state index is 0.588. The van der Waals surface area contributed by atoms with Gasteiger partial charge in [-0.25, -0.2) is 15.0 Å². The zero-order valence-electron chi connectivity index (χ0n) is 47.7. The van der Waals surface area contributed by atoms with Crippen LogP contribution in [0.1, 0.15) is 0 Å². The van der Waals surface area contributed by atoms with Gasteiger partial charge in [-0.3, -0.25) is 0 Å². The fourth-order valence-electron chi connectivity index (χ4n) is 14.1.